The van der Waals surface area contributed by atoms with Crippen LogP contribution in [0.1, 0.15) is 60.5 Å². The fourth-order valence-electron chi connectivity index (χ4n) is 4.19. The number of amides is 1. The van der Waals surface area contributed by atoms with Crippen LogP contribution in [0.15, 0.2) is 47.4 Å². The molecule has 2 aromatic carbocycles. The molecule has 0 bridgehead atoms. The predicted molar refractivity (Wildman–Crippen MR) is 122 cm³/mol. The van der Waals surface area contributed by atoms with E-state index >= 15 is 0 Å². The van der Waals surface area contributed by atoms with Gasteiger partial charge in [0, 0.05) is 18.2 Å². The van der Waals surface area contributed by atoms with Crippen LogP contribution in [0.3, 0.4) is 0 Å². The van der Waals surface area contributed by atoms with Crippen LogP contribution in [0.4, 0.5) is 0 Å². The van der Waals surface area contributed by atoms with Crippen LogP contribution in [0.5, 0.6) is 11.5 Å². The first-order chi connectivity index (χ1) is 15.4. The molecule has 1 heterocycles. The van der Waals surface area contributed by atoms with Crippen molar-refractivity contribution in [3.63, 3.8) is 0 Å². The molecule has 2 fully saturated rings. The second kappa shape index (κ2) is 9.50. The van der Waals surface area contributed by atoms with Crippen LogP contribution < -0.4 is 14.2 Å². The first-order valence-corrected chi connectivity index (χ1v) is 12.6. The molecule has 1 aliphatic heterocycles. The van der Waals surface area contributed by atoms with Gasteiger partial charge in [0.2, 0.25) is 10.0 Å². The summed E-state index contributed by atoms with van der Waals surface area (Å²) in [6, 6.07) is 12.4. The highest BCUT2D eigenvalue weighted by molar-refractivity contribution is 7.89. The lowest BCUT2D eigenvalue weighted by molar-refractivity contribution is 0.0680. The zero-order valence-electron chi connectivity index (χ0n) is 18.5. The van der Waals surface area contributed by atoms with Gasteiger partial charge in [-0.25, -0.2) is 13.1 Å². The van der Waals surface area contributed by atoms with Gasteiger partial charge in [-0.1, -0.05) is 25.0 Å². The normalized spacial score (nSPS) is 19.3. The van der Waals surface area contributed by atoms with Gasteiger partial charge in [0.15, 0.2) is 0 Å². The predicted octanol–water partition coefficient (Wildman–Crippen LogP) is 3.90. The van der Waals surface area contributed by atoms with Crippen molar-refractivity contribution >= 4 is 15.9 Å². The number of rotatable bonds is 7. The molecular formula is C24H30N2O5S. The van der Waals surface area contributed by atoms with Crippen LogP contribution in [0, 0.1) is 0 Å². The number of benzene rings is 2. The summed E-state index contributed by atoms with van der Waals surface area (Å²) in [4.78, 5) is 15.5. The lowest BCUT2D eigenvalue weighted by Crippen LogP contribution is -2.35. The molecule has 1 saturated heterocycles. The van der Waals surface area contributed by atoms with Gasteiger partial charge in [0.1, 0.15) is 16.4 Å². The quantitative estimate of drug-likeness (QED) is 0.680. The highest BCUT2D eigenvalue weighted by atomic mass is 32.2. The van der Waals surface area contributed by atoms with Gasteiger partial charge in [-0.15, -0.1) is 0 Å². The summed E-state index contributed by atoms with van der Waals surface area (Å²) in [5.74, 6) is 0.837. The summed E-state index contributed by atoms with van der Waals surface area (Å²) in [7, 11) is -0.706. The molecule has 1 N–H and O–H groups in total. The van der Waals surface area contributed by atoms with E-state index in [1.807, 2.05) is 29.2 Å². The SMILES string of the molecule is COc1ccc([C@H]2CCCCCN2C(=O)c2ccc(OC)c(S(=O)(=O)NC3CC3)c2)cc1. The zero-order valence-corrected chi connectivity index (χ0v) is 19.4. The van der Waals surface area contributed by atoms with Gasteiger partial charge in [0.05, 0.1) is 20.3 Å². The summed E-state index contributed by atoms with van der Waals surface area (Å²) in [6.45, 7) is 0.629. The highest BCUT2D eigenvalue weighted by Gasteiger charge is 2.32. The molecule has 0 unspecified atom stereocenters. The molecule has 0 radical (unpaired) electrons. The molecule has 1 saturated carbocycles. The number of ether oxygens (including phenoxy) is 2. The molecular weight excluding hydrogens is 428 g/mol. The molecule has 1 aliphatic carbocycles. The fourth-order valence-corrected chi connectivity index (χ4v) is 5.69. The van der Waals surface area contributed by atoms with E-state index < -0.39 is 10.0 Å². The number of carbonyl (C=O) groups is 1. The Balaban J connectivity index is 1.66. The van der Waals surface area contributed by atoms with Crippen molar-refractivity contribution in [1.29, 1.82) is 0 Å². The maximum Gasteiger partial charge on any atom is 0.254 e. The van der Waals surface area contributed by atoms with Crippen molar-refractivity contribution in [3.8, 4) is 11.5 Å². The average molecular weight is 459 g/mol. The third-order valence-corrected chi connectivity index (χ3v) is 7.66. The number of nitrogens with one attached hydrogen (secondary N) is 1. The summed E-state index contributed by atoms with van der Waals surface area (Å²) < 4.78 is 39.0. The lowest BCUT2D eigenvalue weighted by atomic mass is 10.00. The number of carbonyl (C=O) groups excluding carboxylic acids is 1. The van der Waals surface area contributed by atoms with Gasteiger partial charge in [-0.2, -0.15) is 0 Å². The molecule has 0 aromatic heterocycles. The van der Waals surface area contributed by atoms with Gasteiger partial charge >= 0.3 is 0 Å². The van der Waals surface area contributed by atoms with Crippen molar-refractivity contribution < 1.29 is 22.7 Å². The van der Waals surface area contributed by atoms with Gasteiger partial charge in [0.25, 0.3) is 5.91 Å². The Bertz CT molecular complexity index is 1060. The van der Waals surface area contributed by atoms with Gasteiger partial charge in [-0.05, 0) is 61.6 Å². The Morgan fingerprint density at radius 1 is 0.969 bits per heavy atom. The summed E-state index contributed by atoms with van der Waals surface area (Å²) in [5.41, 5.74) is 1.40. The van der Waals surface area contributed by atoms with Crippen LogP contribution in [-0.4, -0.2) is 46.0 Å². The number of hydrogen-bond acceptors (Lipinski definition) is 5. The van der Waals surface area contributed by atoms with Gasteiger partial charge in [-0.3, -0.25) is 4.79 Å². The third-order valence-electron chi connectivity index (χ3n) is 6.11. The molecule has 8 heteroatoms. The maximum atomic E-state index is 13.6. The summed E-state index contributed by atoms with van der Waals surface area (Å²) in [6.07, 6.45) is 5.54. The van der Waals surface area contributed by atoms with E-state index in [0.717, 1.165) is 49.8 Å². The minimum Gasteiger partial charge on any atom is -0.497 e. The molecule has 1 amide bonds. The number of sulfonamides is 1. The van der Waals surface area contributed by atoms with E-state index in [4.69, 9.17) is 9.47 Å². The maximum absolute atomic E-state index is 13.6. The third kappa shape index (κ3) is 4.91. The Hall–Kier alpha value is -2.58. The van der Waals surface area contributed by atoms with E-state index in [0.29, 0.717) is 12.1 Å². The summed E-state index contributed by atoms with van der Waals surface area (Å²) in [5, 5.41) is 0. The fraction of sp³-hybridized carbons (Fsp3) is 0.458. The van der Waals surface area contributed by atoms with Crippen molar-refractivity contribution in [2.24, 2.45) is 0 Å². The lowest BCUT2D eigenvalue weighted by Gasteiger charge is -2.31. The Labute approximate surface area is 189 Å². The Morgan fingerprint density at radius 2 is 1.72 bits per heavy atom. The molecule has 2 aromatic rings. The first-order valence-electron chi connectivity index (χ1n) is 11.1. The van der Waals surface area contributed by atoms with Crippen molar-refractivity contribution in [2.45, 2.75) is 55.5 Å². The topological polar surface area (TPSA) is 84.9 Å². The van der Waals surface area contributed by atoms with E-state index in [1.165, 1.54) is 13.2 Å². The second-order valence-electron chi connectivity index (χ2n) is 8.40. The minimum atomic E-state index is -3.77. The minimum absolute atomic E-state index is 0.00793. The average Bonchev–Trinajstić information content (AvgIpc) is 3.64. The zero-order chi connectivity index (χ0) is 22.7. The molecule has 172 valence electrons. The summed E-state index contributed by atoms with van der Waals surface area (Å²) >= 11 is 0. The standard InChI is InChI=1S/C24H30N2O5S/c1-30-20-12-7-17(8-13-20)21-6-4-3-5-15-26(21)24(27)18-9-14-22(31-2)23(16-18)32(28,29)25-19-10-11-19/h7-9,12-14,16,19,21,25H,3-6,10-11,15H2,1-2H3/t21-/m1/s1. The van der Waals surface area contributed by atoms with Crippen LogP contribution in [0.2, 0.25) is 0 Å². The van der Waals surface area contributed by atoms with Crippen molar-refractivity contribution in [1.82, 2.24) is 9.62 Å². The number of hydrogen-bond donors (Lipinski definition) is 1. The smallest absolute Gasteiger partial charge is 0.254 e. The van der Waals surface area contributed by atoms with Crippen LogP contribution in [0.25, 0.3) is 0 Å². The molecule has 2 aliphatic rings. The second-order valence-corrected chi connectivity index (χ2v) is 10.1. The number of likely N-dealkylation sites (tertiary alicyclic amines) is 1. The molecule has 7 nitrogen and oxygen atoms in total. The van der Waals surface area contributed by atoms with E-state index in [-0.39, 0.29) is 28.6 Å². The van der Waals surface area contributed by atoms with Gasteiger partial charge < -0.3 is 14.4 Å². The highest BCUT2D eigenvalue weighted by Crippen LogP contribution is 2.34. The first kappa shape index (κ1) is 22.6. The monoisotopic (exact) mass is 458 g/mol. The van der Waals surface area contributed by atoms with Crippen molar-refractivity contribution in [2.75, 3.05) is 20.8 Å². The largest absolute Gasteiger partial charge is 0.497 e. The molecule has 4 rings (SSSR count). The van der Waals surface area contributed by atoms with Crippen LogP contribution >= 0.6 is 0 Å². The molecule has 32 heavy (non-hydrogen) atoms. The van der Waals surface area contributed by atoms with Crippen molar-refractivity contribution in [3.05, 3.63) is 53.6 Å². The van der Waals surface area contributed by atoms with E-state index in [9.17, 15) is 13.2 Å². The van der Waals surface area contributed by atoms with E-state index in [1.54, 1.807) is 19.2 Å². The Morgan fingerprint density at radius 3 is 2.38 bits per heavy atom. The van der Waals surface area contributed by atoms with Crippen LogP contribution in [-0.2, 0) is 10.0 Å². The molecule has 0 spiro atoms. The number of nitrogens with zero attached hydrogens (tertiary/aromatic N) is 1. The number of methoxy groups -OCH3 is 2. The Kier molecular flexibility index (Phi) is 6.71. The van der Waals surface area contributed by atoms with E-state index in [2.05, 4.69) is 4.72 Å². The molecule has 1 atom stereocenters.